The first-order chi connectivity index (χ1) is 15.3. The topological polar surface area (TPSA) is 84.3 Å². The average molecular weight is 457 g/mol. The summed E-state index contributed by atoms with van der Waals surface area (Å²) in [7, 11) is -3.77. The van der Waals surface area contributed by atoms with Gasteiger partial charge in [0.05, 0.1) is 17.1 Å². The lowest BCUT2D eigenvalue weighted by Crippen LogP contribution is -2.33. The quantitative estimate of drug-likeness (QED) is 0.642. The van der Waals surface area contributed by atoms with Crippen molar-refractivity contribution < 1.29 is 13.2 Å². The molecule has 1 aliphatic carbocycles. The number of aromatic nitrogens is 2. The van der Waals surface area contributed by atoms with Crippen LogP contribution in [0.3, 0.4) is 0 Å². The maximum Gasteiger partial charge on any atom is 0.268 e. The van der Waals surface area contributed by atoms with E-state index >= 15 is 0 Å². The van der Waals surface area contributed by atoms with Crippen molar-refractivity contribution >= 4 is 21.6 Å². The fraction of sp³-hybridized carbons (Fsp3) is 0.500. The van der Waals surface area contributed by atoms with Crippen LogP contribution in [-0.4, -0.2) is 37.2 Å². The van der Waals surface area contributed by atoms with Gasteiger partial charge in [0.2, 0.25) is 5.91 Å². The van der Waals surface area contributed by atoms with Crippen molar-refractivity contribution in [2.75, 3.05) is 17.4 Å². The number of para-hydroxylation sites is 1. The van der Waals surface area contributed by atoms with E-state index in [1.807, 2.05) is 24.3 Å². The first-order valence-electron chi connectivity index (χ1n) is 11.4. The van der Waals surface area contributed by atoms with Gasteiger partial charge in [0.1, 0.15) is 10.9 Å². The van der Waals surface area contributed by atoms with Crippen LogP contribution in [0.4, 0.5) is 5.69 Å². The van der Waals surface area contributed by atoms with E-state index in [-0.39, 0.29) is 10.8 Å². The van der Waals surface area contributed by atoms with Gasteiger partial charge in [0.25, 0.3) is 10.0 Å². The molecule has 1 aromatic heterocycles. The van der Waals surface area contributed by atoms with Crippen LogP contribution in [0.15, 0.2) is 40.8 Å². The molecule has 0 radical (unpaired) electrons. The fourth-order valence-corrected chi connectivity index (χ4v) is 6.67. The van der Waals surface area contributed by atoms with Crippen LogP contribution < -0.4 is 9.62 Å². The summed E-state index contributed by atoms with van der Waals surface area (Å²) in [6.07, 6.45) is 8.56. The number of aryl methyl sites for hydroxylation is 1. The van der Waals surface area contributed by atoms with E-state index in [9.17, 15) is 13.2 Å². The highest BCUT2D eigenvalue weighted by Crippen LogP contribution is 2.35. The SMILES string of the molecule is Cc1nn([C@@H](C)C(=O)NCCC2=CCCCC2)c(C)c1S(=O)(=O)N1CCc2ccccc21. The van der Waals surface area contributed by atoms with Crippen molar-refractivity contribution in [2.24, 2.45) is 0 Å². The lowest BCUT2D eigenvalue weighted by atomic mass is 9.97. The molecule has 2 aromatic rings. The van der Waals surface area contributed by atoms with Crippen LogP contribution in [-0.2, 0) is 21.2 Å². The summed E-state index contributed by atoms with van der Waals surface area (Å²) in [6.45, 7) is 6.18. The molecule has 0 saturated carbocycles. The average Bonchev–Trinajstić information content (AvgIpc) is 3.35. The molecule has 2 aliphatic rings. The van der Waals surface area contributed by atoms with Gasteiger partial charge in [-0.3, -0.25) is 13.8 Å². The van der Waals surface area contributed by atoms with E-state index < -0.39 is 16.1 Å². The zero-order valence-corrected chi connectivity index (χ0v) is 19.9. The Balaban J connectivity index is 1.51. The van der Waals surface area contributed by atoms with Gasteiger partial charge in [0, 0.05) is 13.1 Å². The molecular weight excluding hydrogens is 424 g/mol. The van der Waals surface area contributed by atoms with Gasteiger partial charge in [-0.1, -0.05) is 29.8 Å². The largest absolute Gasteiger partial charge is 0.354 e. The molecule has 2 heterocycles. The van der Waals surface area contributed by atoms with Gasteiger partial charge in [-0.15, -0.1) is 0 Å². The smallest absolute Gasteiger partial charge is 0.268 e. The molecule has 1 aliphatic heterocycles. The van der Waals surface area contributed by atoms with Crippen LogP contribution in [0.1, 0.15) is 62.0 Å². The number of allylic oxidation sites excluding steroid dienone is 1. The molecule has 0 bridgehead atoms. The molecule has 1 atom stereocenters. The number of benzene rings is 1. The summed E-state index contributed by atoms with van der Waals surface area (Å²) in [5.74, 6) is -0.150. The van der Waals surface area contributed by atoms with Gasteiger partial charge in [0.15, 0.2) is 0 Å². The molecule has 8 heteroatoms. The third-order valence-corrected chi connectivity index (χ3v) is 8.59. The lowest BCUT2D eigenvalue weighted by molar-refractivity contribution is -0.124. The number of nitrogens with zero attached hydrogens (tertiary/aromatic N) is 3. The van der Waals surface area contributed by atoms with Crippen LogP contribution in [0.25, 0.3) is 0 Å². The molecule has 172 valence electrons. The van der Waals surface area contributed by atoms with Crippen molar-refractivity contribution in [1.29, 1.82) is 0 Å². The Labute approximate surface area is 190 Å². The Morgan fingerprint density at radius 3 is 2.72 bits per heavy atom. The zero-order valence-electron chi connectivity index (χ0n) is 19.1. The minimum atomic E-state index is -3.77. The number of carbonyl (C=O) groups is 1. The van der Waals surface area contributed by atoms with E-state index in [2.05, 4.69) is 16.5 Å². The van der Waals surface area contributed by atoms with E-state index in [1.165, 1.54) is 22.7 Å². The summed E-state index contributed by atoms with van der Waals surface area (Å²) in [5, 5.41) is 7.45. The molecule has 0 unspecified atom stereocenters. The van der Waals surface area contributed by atoms with Crippen LogP contribution in [0.5, 0.6) is 0 Å². The van der Waals surface area contributed by atoms with Gasteiger partial charge >= 0.3 is 0 Å². The lowest BCUT2D eigenvalue weighted by Gasteiger charge is -2.20. The Morgan fingerprint density at radius 2 is 1.97 bits per heavy atom. The number of fused-ring (bicyclic) bond motifs is 1. The van der Waals surface area contributed by atoms with E-state index in [1.54, 1.807) is 25.5 Å². The summed E-state index contributed by atoms with van der Waals surface area (Å²) < 4.78 is 30.1. The van der Waals surface area contributed by atoms with E-state index in [4.69, 9.17) is 0 Å². The summed E-state index contributed by atoms with van der Waals surface area (Å²) in [5.41, 5.74) is 4.07. The number of hydrogen-bond donors (Lipinski definition) is 1. The molecule has 32 heavy (non-hydrogen) atoms. The minimum absolute atomic E-state index is 0.150. The number of hydrogen-bond acceptors (Lipinski definition) is 4. The van der Waals surface area contributed by atoms with Gasteiger partial charge in [-0.25, -0.2) is 8.42 Å². The second kappa shape index (κ2) is 9.10. The predicted molar refractivity (Wildman–Crippen MR) is 125 cm³/mol. The molecule has 7 nitrogen and oxygen atoms in total. The van der Waals surface area contributed by atoms with E-state index in [0.29, 0.717) is 30.9 Å². The Hall–Kier alpha value is -2.61. The second-order valence-corrected chi connectivity index (χ2v) is 10.5. The molecule has 4 rings (SSSR count). The Bertz CT molecular complexity index is 1150. The molecular formula is C24H32N4O3S. The van der Waals surface area contributed by atoms with Crippen LogP contribution in [0, 0.1) is 13.8 Å². The van der Waals surface area contributed by atoms with Crippen LogP contribution in [0.2, 0.25) is 0 Å². The normalized spacial score (nSPS) is 17.1. The standard InChI is InChI=1S/C24H32N4O3S/c1-17-23(32(30,31)27-16-14-21-11-7-8-12-22(21)27)18(2)28(26-17)19(3)24(29)25-15-13-20-9-5-4-6-10-20/h7-9,11-12,19H,4-6,10,13-16H2,1-3H3,(H,25,29)/t19-/m0/s1. The van der Waals surface area contributed by atoms with E-state index in [0.717, 1.165) is 30.5 Å². The summed E-state index contributed by atoms with van der Waals surface area (Å²) in [6, 6.07) is 6.99. The fourth-order valence-electron chi connectivity index (χ4n) is 4.80. The number of carbonyl (C=O) groups excluding carboxylic acids is 1. The number of amides is 1. The summed E-state index contributed by atoms with van der Waals surface area (Å²) in [4.78, 5) is 13.0. The third-order valence-electron chi connectivity index (χ3n) is 6.53. The Morgan fingerprint density at radius 1 is 1.19 bits per heavy atom. The molecule has 1 aromatic carbocycles. The molecule has 0 spiro atoms. The highest BCUT2D eigenvalue weighted by Gasteiger charge is 2.36. The third kappa shape index (κ3) is 4.20. The van der Waals surface area contributed by atoms with Crippen molar-refractivity contribution in [3.8, 4) is 0 Å². The molecule has 0 saturated heterocycles. The molecule has 0 fully saturated rings. The monoisotopic (exact) mass is 456 g/mol. The Kier molecular flexibility index (Phi) is 6.42. The molecule has 1 amide bonds. The minimum Gasteiger partial charge on any atom is -0.354 e. The van der Waals surface area contributed by atoms with Gasteiger partial charge < -0.3 is 5.32 Å². The molecule has 1 N–H and O–H groups in total. The van der Waals surface area contributed by atoms with Gasteiger partial charge in [-0.2, -0.15) is 5.10 Å². The van der Waals surface area contributed by atoms with Gasteiger partial charge in [-0.05, 0) is 70.9 Å². The highest BCUT2D eigenvalue weighted by atomic mass is 32.2. The predicted octanol–water partition coefficient (Wildman–Crippen LogP) is 3.82. The van der Waals surface area contributed by atoms with Crippen molar-refractivity contribution in [3.63, 3.8) is 0 Å². The first-order valence-corrected chi connectivity index (χ1v) is 12.9. The van der Waals surface area contributed by atoms with Crippen molar-refractivity contribution in [2.45, 2.75) is 70.2 Å². The van der Waals surface area contributed by atoms with Crippen molar-refractivity contribution in [3.05, 3.63) is 52.9 Å². The highest BCUT2D eigenvalue weighted by molar-refractivity contribution is 7.93. The number of rotatable bonds is 7. The number of anilines is 1. The first kappa shape index (κ1) is 22.6. The number of sulfonamides is 1. The van der Waals surface area contributed by atoms with Crippen molar-refractivity contribution in [1.82, 2.24) is 15.1 Å². The summed E-state index contributed by atoms with van der Waals surface area (Å²) >= 11 is 0. The van der Waals surface area contributed by atoms with Crippen LogP contribution >= 0.6 is 0 Å². The maximum atomic E-state index is 13.6. The number of nitrogens with one attached hydrogen (secondary N) is 1. The maximum absolute atomic E-state index is 13.6. The second-order valence-electron chi connectivity index (χ2n) is 8.73. The zero-order chi connectivity index (χ0) is 22.9.